The molecule has 0 atom stereocenters. The highest BCUT2D eigenvalue weighted by molar-refractivity contribution is 9.10. The number of hydrogen-bond donors (Lipinski definition) is 1. The van der Waals surface area contributed by atoms with E-state index in [-0.39, 0.29) is 0 Å². The maximum absolute atomic E-state index is 10.6. The van der Waals surface area contributed by atoms with Gasteiger partial charge in [0.1, 0.15) is 12.4 Å². The number of halogens is 1. The summed E-state index contributed by atoms with van der Waals surface area (Å²) in [7, 11) is 0. The summed E-state index contributed by atoms with van der Waals surface area (Å²) in [5.74, 6) is -0.374. The van der Waals surface area contributed by atoms with Crippen LogP contribution >= 0.6 is 15.9 Å². The molecule has 5 heteroatoms. The second-order valence-corrected chi connectivity index (χ2v) is 5.43. The quantitative estimate of drug-likeness (QED) is 0.835. The molecule has 1 aromatic heterocycles. The number of aryl methyl sites for hydroxylation is 1. The number of aromatic nitrogens is 1. The summed E-state index contributed by atoms with van der Waals surface area (Å²) in [6.45, 7) is 2.35. The van der Waals surface area contributed by atoms with Crippen LogP contribution < -0.4 is 4.74 Å². The average Bonchev–Trinajstić information content (AvgIpc) is 2.44. The topological polar surface area (TPSA) is 59.4 Å². The lowest BCUT2D eigenvalue weighted by Crippen LogP contribution is -1.98. The molecule has 0 saturated heterocycles. The van der Waals surface area contributed by atoms with Crippen molar-refractivity contribution >= 4 is 28.0 Å². The Morgan fingerprint density at radius 2 is 2.19 bits per heavy atom. The molecule has 108 valence electrons. The molecule has 2 rings (SSSR count). The van der Waals surface area contributed by atoms with Gasteiger partial charge in [-0.05, 0) is 42.8 Å². The first-order chi connectivity index (χ1) is 10.0. The number of carbonyl (C=O) groups is 1. The maximum atomic E-state index is 10.6. The SMILES string of the molecule is Cc1cncc(COc2ccc(Br)cc2/C=C/C(=O)O)c1. The first-order valence-electron chi connectivity index (χ1n) is 6.28. The largest absolute Gasteiger partial charge is 0.488 e. The van der Waals surface area contributed by atoms with E-state index >= 15 is 0 Å². The summed E-state index contributed by atoms with van der Waals surface area (Å²) in [4.78, 5) is 14.8. The highest BCUT2D eigenvalue weighted by Crippen LogP contribution is 2.25. The fraction of sp³-hybridized carbons (Fsp3) is 0.125. The molecule has 0 saturated carbocycles. The van der Waals surface area contributed by atoms with Crippen molar-refractivity contribution in [1.29, 1.82) is 0 Å². The van der Waals surface area contributed by atoms with Gasteiger partial charge in [-0.1, -0.05) is 15.9 Å². The highest BCUT2D eigenvalue weighted by Gasteiger charge is 2.04. The number of rotatable bonds is 5. The molecule has 0 aliphatic rings. The fourth-order valence-corrected chi connectivity index (χ4v) is 2.18. The number of pyridine rings is 1. The van der Waals surface area contributed by atoms with E-state index in [1.165, 1.54) is 6.08 Å². The van der Waals surface area contributed by atoms with Crippen LogP contribution in [0.5, 0.6) is 5.75 Å². The second kappa shape index (κ2) is 7.04. The molecule has 4 nitrogen and oxygen atoms in total. The smallest absolute Gasteiger partial charge is 0.328 e. The Labute approximate surface area is 131 Å². The van der Waals surface area contributed by atoms with E-state index in [0.717, 1.165) is 21.7 Å². The van der Waals surface area contributed by atoms with Gasteiger partial charge in [-0.15, -0.1) is 0 Å². The van der Waals surface area contributed by atoms with Gasteiger partial charge in [-0.3, -0.25) is 4.98 Å². The van der Waals surface area contributed by atoms with Crippen molar-refractivity contribution in [3.63, 3.8) is 0 Å². The number of benzene rings is 1. The van der Waals surface area contributed by atoms with Crippen molar-refractivity contribution in [2.45, 2.75) is 13.5 Å². The van der Waals surface area contributed by atoms with Crippen molar-refractivity contribution in [1.82, 2.24) is 4.98 Å². The third-order valence-electron chi connectivity index (χ3n) is 2.70. The van der Waals surface area contributed by atoms with E-state index in [0.29, 0.717) is 17.9 Å². The Morgan fingerprint density at radius 3 is 2.90 bits per heavy atom. The van der Waals surface area contributed by atoms with Crippen LogP contribution in [0, 0.1) is 6.92 Å². The van der Waals surface area contributed by atoms with Crippen LogP contribution in [0.2, 0.25) is 0 Å². The van der Waals surface area contributed by atoms with E-state index in [1.807, 2.05) is 25.1 Å². The van der Waals surface area contributed by atoms with Crippen molar-refractivity contribution in [2.24, 2.45) is 0 Å². The monoisotopic (exact) mass is 347 g/mol. The molecule has 0 bridgehead atoms. The third-order valence-corrected chi connectivity index (χ3v) is 3.20. The molecule has 0 unspecified atom stereocenters. The molecular weight excluding hydrogens is 334 g/mol. The van der Waals surface area contributed by atoms with Gasteiger partial charge >= 0.3 is 5.97 Å². The lowest BCUT2D eigenvalue weighted by Gasteiger charge is -2.10. The van der Waals surface area contributed by atoms with Crippen LogP contribution in [-0.2, 0) is 11.4 Å². The van der Waals surface area contributed by atoms with Gasteiger partial charge in [-0.25, -0.2) is 4.79 Å². The number of nitrogens with zero attached hydrogens (tertiary/aromatic N) is 1. The van der Waals surface area contributed by atoms with Crippen LogP contribution in [0.3, 0.4) is 0 Å². The molecule has 0 amide bonds. The van der Waals surface area contributed by atoms with Crippen molar-refractivity contribution < 1.29 is 14.6 Å². The van der Waals surface area contributed by atoms with Gasteiger partial charge in [-0.2, -0.15) is 0 Å². The molecule has 0 fully saturated rings. The van der Waals surface area contributed by atoms with Crippen molar-refractivity contribution in [3.8, 4) is 5.75 Å². The Balaban J connectivity index is 2.17. The summed E-state index contributed by atoms with van der Waals surface area (Å²) in [6.07, 6.45) is 6.13. The third kappa shape index (κ3) is 4.72. The van der Waals surface area contributed by atoms with E-state index in [9.17, 15) is 4.79 Å². The zero-order chi connectivity index (χ0) is 15.2. The Morgan fingerprint density at radius 1 is 1.38 bits per heavy atom. The number of carboxylic acid groups (broad SMARTS) is 1. The van der Waals surface area contributed by atoms with Gasteiger partial charge in [0.2, 0.25) is 0 Å². The van der Waals surface area contributed by atoms with Crippen LogP contribution in [0.1, 0.15) is 16.7 Å². The van der Waals surface area contributed by atoms with Crippen LogP contribution in [-0.4, -0.2) is 16.1 Å². The lowest BCUT2D eigenvalue weighted by atomic mass is 10.2. The van der Waals surface area contributed by atoms with Gasteiger partial charge < -0.3 is 9.84 Å². The Hall–Kier alpha value is -2.14. The minimum atomic E-state index is -0.996. The predicted octanol–water partition coefficient (Wildman–Crippen LogP) is 3.83. The molecular formula is C16H14BrNO3. The van der Waals surface area contributed by atoms with Crippen LogP contribution in [0.25, 0.3) is 6.08 Å². The molecule has 0 aliphatic heterocycles. The predicted molar refractivity (Wildman–Crippen MR) is 84.1 cm³/mol. The van der Waals surface area contributed by atoms with Crippen molar-refractivity contribution in [2.75, 3.05) is 0 Å². The second-order valence-electron chi connectivity index (χ2n) is 4.51. The first kappa shape index (κ1) is 15.3. The van der Waals surface area contributed by atoms with E-state index in [4.69, 9.17) is 9.84 Å². The van der Waals surface area contributed by atoms with Crippen molar-refractivity contribution in [3.05, 3.63) is 63.9 Å². The summed E-state index contributed by atoms with van der Waals surface area (Å²) in [6, 6.07) is 7.46. The highest BCUT2D eigenvalue weighted by atomic mass is 79.9. The van der Waals surface area contributed by atoms with Gasteiger partial charge in [0.25, 0.3) is 0 Å². The van der Waals surface area contributed by atoms with E-state index in [2.05, 4.69) is 20.9 Å². The Bertz CT molecular complexity index is 683. The molecule has 1 heterocycles. The Kier molecular flexibility index (Phi) is 5.11. The fourth-order valence-electron chi connectivity index (χ4n) is 1.80. The zero-order valence-corrected chi connectivity index (χ0v) is 13.0. The average molecular weight is 348 g/mol. The molecule has 0 spiro atoms. The summed E-state index contributed by atoms with van der Waals surface area (Å²) < 4.78 is 6.62. The van der Waals surface area contributed by atoms with E-state index < -0.39 is 5.97 Å². The minimum absolute atomic E-state index is 0.379. The molecule has 0 radical (unpaired) electrons. The summed E-state index contributed by atoms with van der Waals surface area (Å²) in [5.41, 5.74) is 2.73. The number of aliphatic carboxylic acids is 1. The number of ether oxygens (including phenoxy) is 1. The molecule has 1 aromatic carbocycles. The van der Waals surface area contributed by atoms with E-state index in [1.54, 1.807) is 18.5 Å². The molecule has 2 aromatic rings. The lowest BCUT2D eigenvalue weighted by molar-refractivity contribution is -0.131. The standard InChI is InChI=1S/C16H14BrNO3/c1-11-6-12(9-18-8-11)10-21-15-4-3-14(17)7-13(15)2-5-16(19)20/h2-9H,10H2,1H3,(H,19,20)/b5-2+. The zero-order valence-electron chi connectivity index (χ0n) is 11.4. The number of carboxylic acids is 1. The van der Waals surface area contributed by atoms with Gasteiger partial charge in [0, 0.05) is 34.1 Å². The van der Waals surface area contributed by atoms with Crippen LogP contribution in [0.15, 0.2) is 47.2 Å². The minimum Gasteiger partial charge on any atom is -0.488 e. The maximum Gasteiger partial charge on any atom is 0.328 e. The molecule has 0 aliphatic carbocycles. The van der Waals surface area contributed by atoms with Crippen LogP contribution in [0.4, 0.5) is 0 Å². The van der Waals surface area contributed by atoms with Gasteiger partial charge in [0.05, 0.1) is 0 Å². The first-order valence-corrected chi connectivity index (χ1v) is 7.08. The molecule has 1 N–H and O–H groups in total. The summed E-state index contributed by atoms with van der Waals surface area (Å²) in [5, 5.41) is 8.73. The van der Waals surface area contributed by atoms with Gasteiger partial charge in [0.15, 0.2) is 0 Å². The normalized spacial score (nSPS) is 10.8. The number of hydrogen-bond acceptors (Lipinski definition) is 3. The summed E-state index contributed by atoms with van der Waals surface area (Å²) >= 11 is 3.36. The molecule has 21 heavy (non-hydrogen) atoms.